The van der Waals surface area contributed by atoms with Crippen LogP contribution in [0.15, 0.2) is 64.0 Å². The predicted octanol–water partition coefficient (Wildman–Crippen LogP) is 2.46. The molecule has 0 saturated carbocycles. The fourth-order valence-electron chi connectivity index (χ4n) is 5.37. The van der Waals surface area contributed by atoms with Crippen molar-refractivity contribution in [3.05, 3.63) is 65.9 Å². The molecule has 13 heteroatoms. The number of hydrogen-bond donors (Lipinski definition) is 4. The van der Waals surface area contributed by atoms with Crippen molar-refractivity contribution in [1.29, 1.82) is 5.26 Å². The van der Waals surface area contributed by atoms with Gasteiger partial charge in [-0.1, -0.05) is 30.3 Å². The van der Waals surface area contributed by atoms with Crippen molar-refractivity contribution in [3.63, 3.8) is 0 Å². The minimum atomic E-state index is -0.976. The van der Waals surface area contributed by atoms with Gasteiger partial charge in [0.1, 0.15) is 24.0 Å². The number of nitrogens with one attached hydrogen (secondary N) is 3. The lowest BCUT2D eigenvalue weighted by Crippen LogP contribution is -2.46. The second kappa shape index (κ2) is 13.9. The number of aliphatic hydroxyl groups excluding tert-OH is 1. The third-order valence-corrected chi connectivity index (χ3v) is 7.60. The average Bonchev–Trinajstić information content (AvgIpc) is 3.52. The van der Waals surface area contributed by atoms with Gasteiger partial charge in [0.2, 0.25) is 17.8 Å². The van der Waals surface area contributed by atoms with Crippen LogP contribution in [-0.4, -0.2) is 83.1 Å². The van der Waals surface area contributed by atoms with Gasteiger partial charge >= 0.3 is 6.09 Å². The third kappa shape index (κ3) is 7.64. The number of amides is 3. The molecule has 0 bridgehead atoms. The maximum absolute atomic E-state index is 13.5. The number of aliphatic imine (C=N–C) groups is 1. The smallest absolute Gasteiger partial charge is 0.407 e. The Labute approximate surface area is 254 Å². The molecule has 2 aromatic carbocycles. The van der Waals surface area contributed by atoms with Crippen molar-refractivity contribution in [2.45, 2.75) is 51.0 Å². The van der Waals surface area contributed by atoms with E-state index in [-0.39, 0.29) is 44.0 Å². The molecule has 3 atom stereocenters. The van der Waals surface area contributed by atoms with Gasteiger partial charge in [0.05, 0.1) is 18.7 Å². The molecular formula is C31H35N7O6. The SMILES string of the molecule is Cc1cc2cc(NC(=NC3CCCCN(CC(=O)N4CC(O)C(NC(=O)OCc5ccccc5)C4)C3=O)NC#N)ccc2o1. The topological polar surface area (TPSA) is 173 Å². The summed E-state index contributed by atoms with van der Waals surface area (Å²) in [5.41, 5.74) is 2.22. The molecule has 0 radical (unpaired) electrons. The van der Waals surface area contributed by atoms with Crippen molar-refractivity contribution >= 4 is 40.5 Å². The molecule has 2 saturated heterocycles. The van der Waals surface area contributed by atoms with Crippen LogP contribution in [0.4, 0.5) is 10.5 Å². The van der Waals surface area contributed by atoms with Crippen molar-refractivity contribution in [3.8, 4) is 6.19 Å². The second-order valence-corrected chi connectivity index (χ2v) is 10.9. The van der Waals surface area contributed by atoms with E-state index in [0.29, 0.717) is 31.5 Å². The summed E-state index contributed by atoms with van der Waals surface area (Å²) in [5, 5.41) is 28.9. The first-order valence-corrected chi connectivity index (χ1v) is 14.5. The maximum Gasteiger partial charge on any atom is 0.407 e. The monoisotopic (exact) mass is 601 g/mol. The van der Waals surface area contributed by atoms with E-state index in [9.17, 15) is 24.8 Å². The summed E-state index contributed by atoms with van der Waals surface area (Å²) >= 11 is 0. The molecule has 3 aromatic rings. The molecule has 3 unspecified atom stereocenters. The summed E-state index contributed by atoms with van der Waals surface area (Å²) < 4.78 is 10.9. The molecule has 5 rings (SSSR count). The van der Waals surface area contributed by atoms with Gasteiger partial charge in [0, 0.05) is 30.7 Å². The molecule has 0 spiro atoms. The van der Waals surface area contributed by atoms with Crippen LogP contribution in [0.5, 0.6) is 0 Å². The zero-order chi connectivity index (χ0) is 31.1. The fourth-order valence-corrected chi connectivity index (χ4v) is 5.37. The van der Waals surface area contributed by atoms with Gasteiger partial charge in [-0.2, -0.15) is 5.26 Å². The number of fused-ring (bicyclic) bond motifs is 1. The minimum Gasteiger partial charge on any atom is -0.461 e. The number of carbonyl (C=O) groups is 3. The summed E-state index contributed by atoms with van der Waals surface area (Å²) in [4.78, 5) is 46.4. The molecule has 1 aromatic heterocycles. The molecule has 2 fully saturated rings. The molecule has 2 aliphatic rings. The Kier molecular flexibility index (Phi) is 9.61. The van der Waals surface area contributed by atoms with E-state index in [1.54, 1.807) is 6.07 Å². The van der Waals surface area contributed by atoms with E-state index >= 15 is 0 Å². The van der Waals surface area contributed by atoms with Crippen LogP contribution in [-0.2, 0) is 20.9 Å². The summed E-state index contributed by atoms with van der Waals surface area (Å²) in [6, 6.07) is 15.1. The van der Waals surface area contributed by atoms with Gasteiger partial charge in [-0.25, -0.2) is 9.79 Å². The van der Waals surface area contributed by atoms with Crippen LogP contribution in [0.2, 0.25) is 0 Å². The molecule has 44 heavy (non-hydrogen) atoms. The zero-order valence-electron chi connectivity index (χ0n) is 24.4. The van der Waals surface area contributed by atoms with Gasteiger partial charge in [0.15, 0.2) is 6.19 Å². The summed E-state index contributed by atoms with van der Waals surface area (Å²) in [6.07, 6.45) is 2.06. The van der Waals surface area contributed by atoms with Crippen LogP contribution in [0.3, 0.4) is 0 Å². The normalized spacial score (nSPS) is 20.6. The number of furan rings is 1. The van der Waals surface area contributed by atoms with E-state index in [1.165, 1.54) is 9.80 Å². The molecule has 3 amide bonds. The van der Waals surface area contributed by atoms with Crippen molar-refractivity contribution in [2.75, 3.05) is 31.5 Å². The van der Waals surface area contributed by atoms with Gasteiger partial charge in [0.25, 0.3) is 0 Å². The summed E-state index contributed by atoms with van der Waals surface area (Å²) in [7, 11) is 0. The lowest BCUT2D eigenvalue weighted by Gasteiger charge is -2.25. The Hall–Kier alpha value is -5.09. The highest BCUT2D eigenvalue weighted by Gasteiger charge is 2.37. The number of β-amino-alcohol motifs (C(OH)–C–C–N with tert-alkyl or cyclic N) is 1. The largest absolute Gasteiger partial charge is 0.461 e. The van der Waals surface area contributed by atoms with Crippen LogP contribution in [0.1, 0.15) is 30.6 Å². The predicted molar refractivity (Wildman–Crippen MR) is 161 cm³/mol. The first-order chi connectivity index (χ1) is 21.3. The second-order valence-electron chi connectivity index (χ2n) is 10.9. The van der Waals surface area contributed by atoms with E-state index in [2.05, 4.69) is 20.9 Å². The highest BCUT2D eigenvalue weighted by molar-refractivity contribution is 5.98. The number of benzene rings is 2. The number of alkyl carbamates (subject to hydrolysis) is 1. The molecule has 4 N–H and O–H groups in total. The van der Waals surface area contributed by atoms with Gasteiger partial charge < -0.3 is 34.7 Å². The Morgan fingerprint density at radius 1 is 1.16 bits per heavy atom. The number of likely N-dealkylation sites (tertiary alicyclic amines) is 2. The lowest BCUT2D eigenvalue weighted by atomic mass is 10.1. The first-order valence-electron chi connectivity index (χ1n) is 14.5. The standard InChI is InChI=1S/C31H35N7O6/c1-20-13-22-14-23(10-11-27(22)44-20)34-30(33-19-32)35-24-9-5-6-12-37(29(24)41)17-28(40)38-15-25(26(39)16-38)36-31(42)43-18-21-7-3-2-4-8-21/h2-4,7-8,10-11,13-14,24-26,39H,5-6,9,12,15-18H2,1H3,(H,36,42)(H2,33,34,35). The number of guanidine groups is 1. The van der Waals surface area contributed by atoms with Gasteiger partial charge in [-0.05, 0) is 56.0 Å². The van der Waals surface area contributed by atoms with Crippen LogP contribution in [0.25, 0.3) is 11.0 Å². The lowest BCUT2D eigenvalue weighted by molar-refractivity contribution is -0.140. The molecular weight excluding hydrogens is 566 g/mol. The van der Waals surface area contributed by atoms with E-state index in [1.807, 2.05) is 61.6 Å². The fraction of sp³-hybridized carbons (Fsp3) is 0.387. The molecule has 3 heterocycles. The van der Waals surface area contributed by atoms with Gasteiger partial charge in [-0.15, -0.1) is 0 Å². The highest BCUT2D eigenvalue weighted by atomic mass is 16.5. The van der Waals surface area contributed by atoms with Crippen molar-refractivity contribution in [1.82, 2.24) is 20.4 Å². The van der Waals surface area contributed by atoms with Crippen LogP contribution < -0.4 is 16.0 Å². The number of nitriles is 1. The Bertz CT molecular complexity index is 1570. The quantitative estimate of drug-likeness (QED) is 0.137. The number of nitrogens with zero attached hydrogens (tertiary/aromatic N) is 4. The van der Waals surface area contributed by atoms with Crippen molar-refractivity contribution < 1.29 is 28.6 Å². The number of aliphatic hydroxyl groups is 1. The molecule has 0 aliphatic carbocycles. The number of aryl methyl sites for hydroxylation is 1. The average molecular weight is 602 g/mol. The third-order valence-electron chi connectivity index (χ3n) is 7.60. The molecule has 13 nitrogen and oxygen atoms in total. The molecule has 2 aliphatic heterocycles. The number of hydrogen-bond acceptors (Lipinski definition) is 8. The first kappa shape index (κ1) is 30.4. The van der Waals surface area contributed by atoms with Gasteiger partial charge in [-0.3, -0.25) is 14.9 Å². The number of ether oxygens (including phenoxy) is 1. The Morgan fingerprint density at radius 3 is 2.77 bits per heavy atom. The summed E-state index contributed by atoms with van der Waals surface area (Å²) in [6.45, 7) is 2.24. The molecule has 230 valence electrons. The van der Waals surface area contributed by atoms with Crippen LogP contribution >= 0.6 is 0 Å². The maximum atomic E-state index is 13.5. The Balaban J connectivity index is 1.18. The highest BCUT2D eigenvalue weighted by Crippen LogP contribution is 2.23. The van der Waals surface area contributed by atoms with E-state index < -0.39 is 24.3 Å². The van der Waals surface area contributed by atoms with Crippen LogP contribution in [0, 0.1) is 18.4 Å². The number of carbonyl (C=O) groups excluding carboxylic acids is 3. The zero-order valence-corrected chi connectivity index (χ0v) is 24.4. The Morgan fingerprint density at radius 2 is 1.98 bits per heavy atom. The van der Waals surface area contributed by atoms with E-state index in [4.69, 9.17) is 9.15 Å². The number of anilines is 1. The summed E-state index contributed by atoms with van der Waals surface area (Å²) in [5.74, 6) is 0.224. The minimum absolute atomic E-state index is 0.0206. The van der Waals surface area contributed by atoms with E-state index in [0.717, 1.165) is 22.3 Å². The van der Waals surface area contributed by atoms with Crippen molar-refractivity contribution in [2.24, 2.45) is 4.99 Å². The number of rotatable bonds is 7.